The Labute approximate surface area is 136 Å². The molecule has 0 amide bonds. The van der Waals surface area contributed by atoms with Crippen LogP contribution in [0.15, 0.2) is 25.0 Å². The second kappa shape index (κ2) is 7.30. The second-order valence-corrected chi connectivity index (χ2v) is 6.23. The Morgan fingerprint density at radius 2 is 2.30 bits per heavy atom. The molecule has 1 aliphatic rings. The maximum absolute atomic E-state index is 6.29. The second-order valence-electron chi connectivity index (χ2n) is 6.23. The van der Waals surface area contributed by atoms with Crippen molar-refractivity contribution in [3.05, 3.63) is 25.0 Å². The molecule has 0 bridgehead atoms. The molecule has 1 saturated heterocycles. The zero-order valence-electron chi connectivity index (χ0n) is 13.6. The van der Waals surface area contributed by atoms with E-state index in [0.717, 1.165) is 44.2 Å². The summed E-state index contributed by atoms with van der Waals surface area (Å²) in [4.78, 5) is 15.0. The van der Waals surface area contributed by atoms with Crippen LogP contribution in [0.3, 0.4) is 0 Å². The molecule has 0 radical (unpaired) electrons. The molecule has 0 aromatic carbocycles. The summed E-state index contributed by atoms with van der Waals surface area (Å²) in [6.07, 6.45) is 10.6. The number of hydrogen-bond donors (Lipinski definition) is 2. The maximum atomic E-state index is 6.29. The number of aromatic nitrogens is 4. The molecule has 3 heterocycles. The van der Waals surface area contributed by atoms with E-state index in [1.165, 1.54) is 12.8 Å². The van der Waals surface area contributed by atoms with Gasteiger partial charge in [0.25, 0.3) is 0 Å². The number of rotatable bonds is 6. The highest BCUT2D eigenvalue weighted by Crippen LogP contribution is 2.29. The number of anilines is 3. The summed E-state index contributed by atoms with van der Waals surface area (Å²) in [5.74, 6) is 2.28. The lowest BCUT2D eigenvalue weighted by molar-refractivity contribution is 0.445. The molecule has 0 aliphatic carbocycles. The topological polar surface area (TPSA) is 84.9 Å². The fraction of sp³-hybridized carbons (Fsp3) is 0.562. The van der Waals surface area contributed by atoms with E-state index in [9.17, 15) is 0 Å². The lowest BCUT2D eigenvalue weighted by atomic mass is 10.0. The van der Waals surface area contributed by atoms with Crippen molar-refractivity contribution in [2.75, 3.05) is 35.6 Å². The highest BCUT2D eigenvalue weighted by molar-refractivity contribution is 5.74. The van der Waals surface area contributed by atoms with Crippen molar-refractivity contribution >= 4 is 17.3 Å². The van der Waals surface area contributed by atoms with E-state index < -0.39 is 0 Å². The molecule has 2 aromatic heterocycles. The third kappa shape index (κ3) is 3.91. The molecule has 0 saturated carbocycles. The van der Waals surface area contributed by atoms with Crippen molar-refractivity contribution in [1.29, 1.82) is 0 Å². The summed E-state index contributed by atoms with van der Waals surface area (Å²) < 4.78 is 2.06. The summed E-state index contributed by atoms with van der Waals surface area (Å²) in [7, 11) is 0. The van der Waals surface area contributed by atoms with Gasteiger partial charge >= 0.3 is 0 Å². The van der Waals surface area contributed by atoms with Gasteiger partial charge in [0.1, 0.15) is 12.0 Å². The van der Waals surface area contributed by atoms with Crippen LogP contribution in [0, 0.1) is 5.92 Å². The number of nitrogens with two attached hydrogens (primary N) is 1. The van der Waals surface area contributed by atoms with Gasteiger partial charge in [-0.25, -0.2) is 15.0 Å². The van der Waals surface area contributed by atoms with E-state index in [4.69, 9.17) is 5.73 Å². The molecular weight excluding hydrogens is 290 g/mol. The van der Waals surface area contributed by atoms with Crippen LogP contribution in [0.2, 0.25) is 0 Å². The first-order valence-corrected chi connectivity index (χ1v) is 8.29. The van der Waals surface area contributed by atoms with Crippen LogP contribution in [0.25, 0.3) is 0 Å². The molecule has 7 heteroatoms. The summed E-state index contributed by atoms with van der Waals surface area (Å²) in [6.45, 7) is 6.05. The number of hydrogen-bond acceptors (Lipinski definition) is 6. The quantitative estimate of drug-likeness (QED) is 0.793. The summed E-state index contributed by atoms with van der Waals surface area (Å²) >= 11 is 0. The Morgan fingerprint density at radius 1 is 1.39 bits per heavy atom. The normalized spacial score (nSPS) is 18.1. The zero-order chi connectivity index (χ0) is 16.1. The number of aryl methyl sites for hydroxylation is 1. The first kappa shape index (κ1) is 15.6. The Hall–Kier alpha value is -2.31. The monoisotopic (exact) mass is 315 g/mol. The van der Waals surface area contributed by atoms with Crippen molar-refractivity contribution in [2.24, 2.45) is 5.92 Å². The van der Waals surface area contributed by atoms with E-state index in [-0.39, 0.29) is 0 Å². The van der Waals surface area contributed by atoms with Crippen LogP contribution in [0.1, 0.15) is 26.2 Å². The van der Waals surface area contributed by atoms with Crippen LogP contribution >= 0.6 is 0 Å². The molecule has 124 valence electrons. The average molecular weight is 315 g/mol. The van der Waals surface area contributed by atoms with Crippen molar-refractivity contribution < 1.29 is 0 Å². The fourth-order valence-electron chi connectivity index (χ4n) is 3.05. The van der Waals surface area contributed by atoms with Gasteiger partial charge in [-0.1, -0.05) is 6.92 Å². The standard InChI is InChI=1S/C16H25N7/c1-13-4-2-8-23(10-13)16-14(17)15(20-11-21-16)19-5-3-7-22-9-6-18-12-22/h6,9,11-13H,2-5,7-8,10,17H2,1H3,(H,19,20,21). The molecule has 3 rings (SSSR count). The van der Waals surface area contributed by atoms with Crippen molar-refractivity contribution in [3.63, 3.8) is 0 Å². The minimum Gasteiger partial charge on any atom is -0.393 e. The lowest BCUT2D eigenvalue weighted by Gasteiger charge is -2.32. The zero-order valence-corrected chi connectivity index (χ0v) is 13.6. The highest BCUT2D eigenvalue weighted by atomic mass is 15.2. The van der Waals surface area contributed by atoms with E-state index >= 15 is 0 Å². The molecular formula is C16H25N7. The van der Waals surface area contributed by atoms with E-state index in [1.807, 2.05) is 12.5 Å². The molecule has 1 atom stereocenters. The Kier molecular flexibility index (Phi) is 4.95. The Bertz CT molecular complexity index is 611. The maximum Gasteiger partial charge on any atom is 0.157 e. The molecule has 23 heavy (non-hydrogen) atoms. The molecule has 0 spiro atoms. The van der Waals surface area contributed by atoms with E-state index in [2.05, 4.69) is 36.7 Å². The minimum atomic E-state index is 0.657. The fourth-order valence-corrected chi connectivity index (χ4v) is 3.05. The van der Waals surface area contributed by atoms with Gasteiger partial charge in [0.05, 0.1) is 6.33 Å². The number of piperidine rings is 1. The molecule has 1 fully saturated rings. The third-order valence-corrected chi connectivity index (χ3v) is 4.26. The highest BCUT2D eigenvalue weighted by Gasteiger charge is 2.20. The SMILES string of the molecule is CC1CCCN(c2ncnc(NCCCn3ccnc3)c2N)C1. The predicted octanol–water partition coefficient (Wildman–Crippen LogP) is 1.99. The van der Waals surface area contributed by atoms with Gasteiger partial charge < -0.3 is 20.5 Å². The number of nitrogen functional groups attached to an aromatic ring is 1. The molecule has 2 aromatic rings. The van der Waals surface area contributed by atoms with Crippen LogP contribution < -0.4 is 16.0 Å². The number of nitrogens with zero attached hydrogens (tertiary/aromatic N) is 5. The average Bonchev–Trinajstić information content (AvgIpc) is 3.06. The summed E-state index contributed by atoms with van der Waals surface area (Å²) in [5.41, 5.74) is 6.95. The third-order valence-electron chi connectivity index (χ3n) is 4.26. The number of nitrogens with one attached hydrogen (secondary N) is 1. The van der Waals surface area contributed by atoms with Crippen LogP contribution in [0.5, 0.6) is 0 Å². The van der Waals surface area contributed by atoms with Crippen LogP contribution in [-0.2, 0) is 6.54 Å². The van der Waals surface area contributed by atoms with Crippen molar-refractivity contribution in [1.82, 2.24) is 19.5 Å². The van der Waals surface area contributed by atoms with Gasteiger partial charge in [-0.2, -0.15) is 0 Å². The Morgan fingerprint density at radius 3 is 3.09 bits per heavy atom. The van der Waals surface area contributed by atoms with Gasteiger partial charge in [0.2, 0.25) is 0 Å². The van der Waals surface area contributed by atoms with Crippen molar-refractivity contribution in [3.8, 4) is 0 Å². The summed E-state index contributed by atoms with van der Waals surface area (Å²) in [5, 5.41) is 3.33. The molecule has 1 aliphatic heterocycles. The van der Waals surface area contributed by atoms with Gasteiger partial charge in [-0.3, -0.25) is 0 Å². The number of imidazole rings is 1. The first-order chi connectivity index (χ1) is 11.2. The van der Waals surface area contributed by atoms with Gasteiger partial charge in [-0.15, -0.1) is 0 Å². The van der Waals surface area contributed by atoms with E-state index in [0.29, 0.717) is 11.6 Å². The van der Waals surface area contributed by atoms with Gasteiger partial charge in [0.15, 0.2) is 11.6 Å². The van der Waals surface area contributed by atoms with Crippen LogP contribution in [0.4, 0.5) is 17.3 Å². The van der Waals surface area contributed by atoms with Crippen LogP contribution in [-0.4, -0.2) is 39.2 Å². The predicted molar refractivity (Wildman–Crippen MR) is 92.4 cm³/mol. The van der Waals surface area contributed by atoms with Gasteiger partial charge in [-0.05, 0) is 25.2 Å². The Balaban J connectivity index is 1.58. The largest absolute Gasteiger partial charge is 0.393 e. The molecule has 1 unspecified atom stereocenters. The summed E-state index contributed by atoms with van der Waals surface area (Å²) in [6, 6.07) is 0. The van der Waals surface area contributed by atoms with Crippen molar-refractivity contribution in [2.45, 2.75) is 32.7 Å². The van der Waals surface area contributed by atoms with Gasteiger partial charge in [0, 0.05) is 38.6 Å². The molecule has 7 nitrogen and oxygen atoms in total. The first-order valence-electron chi connectivity index (χ1n) is 8.29. The smallest absolute Gasteiger partial charge is 0.157 e. The lowest BCUT2D eigenvalue weighted by Crippen LogP contribution is -2.35. The molecule has 3 N–H and O–H groups in total. The minimum absolute atomic E-state index is 0.657. The van der Waals surface area contributed by atoms with E-state index in [1.54, 1.807) is 12.5 Å².